The molecule has 1 aliphatic rings. The molecule has 1 fully saturated rings. The van der Waals surface area contributed by atoms with Crippen LogP contribution >= 0.6 is 0 Å². The number of nitrogens with zero attached hydrogens (tertiary/aromatic N) is 1. The molecule has 1 amide bonds. The van der Waals surface area contributed by atoms with E-state index in [9.17, 15) is 14.5 Å². The van der Waals surface area contributed by atoms with Crippen LogP contribution in [0.2, 0.25) is 0 Å². The number of piperidine rings is 1. The van der Waals surface area contributed by atoms with Crippen LogP contribution in [0.1, 0.15) is 67.7 Å². The molecule has 1 aliphatic heterocycles. The Hall–Kier alpha value is -0.460. The Kier molecular flexibility index (Phi) is 6.82. The lowest BCUT2D eigenvalue weighted by Gasteiger charge is -2.46. The third-order valence-electron chi connectivity index (χ3n) is 4.71. The molecule has 2 N–H and O–H groups in total. The lowest BCUT2D eigenvalue weighted by Crippen LogP contribution is -2.55. The van der Waals surface area contributed by atoms with Crippen LogP contribution in [-0.2, 0) is 11.4 Å². The average Bonchev–Trinajstić information content (AvgIpc) is 2.41. The molecule has 136 valence electrons. The molecule has 0 aromatic heterocycles. The Balaban J connectivity index is 2.86. The van der Waals surface area contributed by atoms with Crippen LogP contribution in [-0.4, -0.2) is 44.0 Å². The van der Waals surface area contributed by atoms with Crippen molar-refractivity contribution >= 4 is 17.5 Å². The highest BCUT2D eigenvalue weighted by molar-refractivity contribution is 7.90. The molecule has 1 saturated heterocycles. The molecule has 23 heavy (non-hydrogen) atoms. The first kappa shape index (κ1) is 20.6. The predicted molar refractivity (Wildman–Crippen MR) is 95.8 cm³/mol. The standard InChI is InChI=1S/C17H34N2O3S/c1-8-13(18-23(22)17(5,6)7)12-9-10-19(15(20)21)14(11-12)16(2,3)4/h12-14,18H,8-11H2,1-7H3,(H,20,21)/t12?,13-,14?,23?/m0/s1. The van der Waals surface area contributed by atoms with Crippen LogP contribution in [0.4, 0.5) is 4.79 Å². The summed E-state index contributed by atoms with van der Waals surface area (Å²) in [7, 11) is 0. The van der Waals surface area contributed by atoms with Gasteiger partial charge in [0.15, 0.2) is 0 Å². The van der Waals surface area contributed by atoms with E-state index < -0.39 is 17.5 Å². The van der Waals surface area contributed by atoms with E-state index >= 15 is 0 Å². The van der Waals surface area contributed by atoms with Crippen LogP contribution in [0, 0.1) is 11.3 Å². The van der Waals surface area contributed by atoms with Crippen molar-refractivity contribution in [3.05, 3.63) is 0 Å². The van der Waals surface area contributed by atoms with Gasteiger partial charge < -0.3 is 14.6 Å². The fourth-order valence-electron chi connectivity index (χ4n) is 3.24. The van der Waals surface area contributed by atoms with Gasteiger partial charge in [-0.2, -0.15) is 0 Å². The van der Waals surface area contributed by atoms with Gasteiger partial charge in [0.1, 0.15) is 4.75 Å². The zero-order valence-electron chi connectivity index (χ0n) is 15.7. The number of rotatable bonds is 4. The first-order valence-corrected chi connectivity index (χ1v) is 9.70. The van der Waals surface area contributed by atoms with Crippen LogP contribution in [0.25, 0.3) is 0 Å². The summed E-state index contributed by atoms with van der Waals surface area (Å²) < 4.78 is 15.4. The summed E-state index contributed by atoms with van der Waals surface area (Å²) in [6.45, 7) is 14.8. The Morgan fingerprint density at radius 1 is 1.35 bits per heavy atom. The minimum Gasteiger partial charge on any atom is -0.598 e. The van der Waals surface area contributed by atoms with Crippen LogP contribution in [0.15, 0.2) is 0 Å². The van der Waals surface area contributed by atoms with Gasteiger partial charge in [-0.25, -0.2) is 4.79 Å². The largest absolute Gasteiger partial charge is 0.598 e. The van der Waals surface area contributed by atoms with E-state index in [2.05, 4.69) is 32.4 Å². The smallest absolute Gasteiger partial charge is 0.407 e. The van der Waals surface area contributed by atoms with E-state index in [1.165, 1.54) is 0 Å². The average molecular weight is 347 g/mol. The second-order valence-electron chi connectivity index (χ2n) is 8.66. The molecule has 4 atom stereocenters. The summed E-state index contributed by atoms with van der Waals surface area (Å²) in [5.41, 5.74) is -0.0987. The number of hydrogen-bond donors (Lipinski definition) is 2. The molecule has 0 aromatic carbocycles. The molecular weight excluding hydrogens is 312 g/mol. The van der Waals surface area contributed by atoms with Gasteiger partial charge in [0.2, 0.25) is 0 Å². The summed E-state index contributed by atoms with van der Waals surface area (Å²) in [4.78, 5) is 13.1. The zero-order chi connectivity index (χ0) is 18.0. The molecule has 0 bridgehead atoms. The molecule has 6 heteroatoms. The van der Waals surface area contributed by atoms with E-state index in [0.717, 1.165) is 19.3 Å². The molecule has 0 saturated carbocycles. The highest BCUT2D eigenvalue weighted by atomic mass is 32.2. The van der Waals surface area contributed by atoms with Gasteiger partial charge >= 0.3 is 6.09 Å². The summed E-state index contributed by atoms with van der Waals surface area (Å²) >= 11 is -1.10. The maximum absolute atomic E-state index is 12.4. The molecule has 1 rings (SSSR count). The van der Waals surface area contributed by atoms with E-state index in [-0.39, 0.29) is 22.2 Å². The highest BCUT2D eigenvalue weighted by Gasteiger charge is 2.42. The normalized spacial score (nSPS) is 26.0. The molecule has 0 aliphatic carbocycles. The van der Waals surface area contributed by atoms with E-state index in [1.54, 1.807) is 4.90 Å². The molecule has 0 radical (unpaired) electrons. The second-order valence-corrected chi connectivity index (χ2v) is 10.7. The van der Waals surface area contributed by atoms with Crippen molar-refractivity contribution in [3.63, 3.8) is 0 Å². The van der Waals surface area contributed by atoms with Crippen molar-refractivity contribution in [2.75, 3.05) is 6.54 Å². The number of carbonyl (C=O) groups is 1. The molecule has 0 aromatic rings. The quantitative estimate of drug-likeness (QED) is 0.762. The first-order chi connectivity index (χ1) is 10.4. The topological polar surface area (TPSA) is 75.6 Å². The summed E-state index contributed by atoms with van der Waals surface area (Å²) in [5.74, 6) is 0.353. The number of nitrogens with one attached hydrogen (secondary N) is 1. The number of hydrogen-bond acceptors (Lipinski definition) is 3. The molecule has 5 nitrogen and oxygen atoms in total. The van der Waals surface area contributed by atoms with Gasteiger partial charge in [-0.1, -0.05) is 27.7 Å². The highest BCUT2D eigenvalue weighted by Crippen LogP contribution is 2.36. The zero-order valence-corrected chi connectivity index (χ0v) is 16.5. The number of amides is 1. The Morgan fingerprint density at radius 3 is 2.30 bits per heavy atom. The third-order valence-corrected chi connectivity index (χ3v) is 6.34. The van der Waals surface area contributed by atoms with Gasteiger partial charge in [-0.3, -0.25) is 0 Å². The van der Waals surface area contributed by atoms with Crippen molar-refractivity contribution in [3.8, 4) is 0 Å². The fraction of sp³-hybridized carbons (Fsp3) is 0.941. The maximum Gasteiger partial charge on any atom is 0.407 e. The Morgan fingerprint density at radius 2 is 1.91 bits per heavy atom. The predicted octanol–water partition coefficient (Wildman–Crippen LogP) is 3.62. The lowest BCUT2D eigenvalue weighted by molar-refractivity contribution is 0.0340. The van der Waals surface area contributed by atoms with Crippen molar-refractivity contribution in [2.24, 2.45) is 11.3 Å². The van der Waals surface area contributed by atoms with Crippen LogP contribution < -0.4 is 4.72 Å². The van der Waals surface area contributed by atoms with Gasteiger partial charge in [-0.05, 0) is 51.4 Å². The van der Waals surface area contributed by atoms with E-state index in [0.29, 0.717) is 12.5 Å². The van der Waals surface area contributed by atoms with E-state index in [1.807, 2.05) is 20.8 Å². The Labute approximate surface area is 144 Å². The SMILES string of the molecule is CC[C@H](N[S+]([O-])C(C)(C)C)C1CCN(C(=O)O)C(C(C)(C)C)C1. The van der Waals surface area contributed by atoms with Gasteiger partial charge in [0, 0.05) is 23.9 Å². The second kappa shape index (κ2) is 7.62. The molecule has 3 unspecified atom stereocenters. The summed E-state index contributed by atoms with van der Waals surface area (Å²) in [5, 5.41) is 9.47. The minimum atomic E-state index is -1.10. The van der Waals surface area contributed by atoms with Gasteiger partial charge in [0.05, 0.1) is 6.04 Å². The minimum absolute atomic E-state index is 0.00216. The summed E-state index contributed by atoms with van der Waals surface area (Å²) in [6, 6.07) is 0.161. The summed E-state index contributed by atoms with van der Waals surface area (Å²) in [6.07, 6.45) is 1.72. The number of carboxylic acid groups (broad SMARTS) is 1. The third kappa shape index (κ3) is 5.54. The molecule has 0 spiro atoms. The maximum atomic E-state index is 12.4. The van der Waals surface area contributed by atoms with Crippen molar-refractivity contribution in [1.82, 2.24) is 9.62 Å². The first-order valence-electron chi connectivity index (χ1n) is 8.55. The lowest BCUT2D eigenvalue weighted by atomic mass is 9.75. The molecular formula is C17H34N2O3S. The Bertz CT molecular complexity index is 404. The molecule has 1 heterocycles. The number of likely N-dealkylation sites (tertiary alicyclic amines) is 1. The van der Waals surface area contributed by atoms with E-state index in [4.69, 9.17) is 0 Å². The van der Waals surface area contributed by atoms with Crippen LogP contribution in [0.5, 0.6) is 0 Å². The van der Waals surface area contributed by atoms with Crippen molar-refractivity contribution in [1.29, 1.82) is 0 Å². The van der Waals surface area contributed by atoms with Gasteiger partial charge in [-0.15, -0.1) is 4.72 Å². The van der Waals surface area contributed by atoms with Crippen molar-refractivity contribution in [2.45, 2.75) is 84.6 Å². The van der Waals surface area contributed by atoms with Gasteiger partial charge in [0.25, 0.3) is 0 Å². The monoisotopic (exact) mass is 346 g/mol. The van der Waals surface area contributed by atoms with Crippen molar-refractivity contribution < 1.29 is 14.5 Å². The van der Waals surface area contributed by atoms with Crippen LogP contribution in [0.3, 0.4) is 0 Å². The fourth-order valence-corrected chi connectivity index (χ4v) is 4.22.